The van der Waals surface area contributed by atoms with E-state index in [-0.39, 0.29) is 5.56 Å². The summed E-state index contributed by atoms with van der Waals surface area (Å²) in [6, 6.07) is 3.84. The van der Waals surface area contributed by atoms with Gasteiger partial charge in [0.2, 0.25) is 5.13 Å². The highest BCUT2D eigenvalue weighted by Gasteiger charge is 2.20. The molecule has 3 rings (SSSR count). The van der Waals surface area contributed by atoms with E-state index in [1.165, 1.54) is 22.1 Å². The van der Waals surface area contributed by atoms with E-state index >= 15 is 0 Å². The van der Waals surface area contributed by atoms with Gasteiger partial charge in [-0.05, 0) is 24.8 Å². The van der Waals surface area contributed by atoms with Crippen molar-refractivity contribution in [3.8, 4) is 5.82 Å². The van der Waals surface area contributed by atoms with Crippen LogP contribution in [-0.2, 0) is 4.79 Å². The summed E-state index contributed by atoms with van der Waals surface area (Å²) in [5.74, 6) is 0.927. The van der Waals surface area contributed by atoms with E-state index < -0.39 is 11.9 Å². The maximum Gasteiger partial charge on any atom is 0.267 e. The van der Waals surface area contributed by atoms with Crippen LogP contribution in [0.1, 0.15) is 19.9 Å². The Labute approximate surface area is 151 Å². The molecule has 1 atom stereocenters. The summed E-state index contributed by atoms with van der Waals surface area (Å²) in [6.45, 7) is 3.61. The standard InChI is InChI=1S/C14H15N7O2S2/c1-3-24-14-18-17-13(25-14)16-12(23)9(2)21-11(22)6-5-10(19-21)20-8-4-7-15-20/h4-9H,3H2,1-2H3,(H,16,17,23). The summed E-state index contributed by atoms with van der Waals surface area (Å²) in [4.78, 5) is 24.5. The van der Waals surface area contributed by atoms with Gasteiger partial charge in [-0.25, -0.2) is 9.36 Å². The summed E-state index contributed by atoms with van der Waals surface area (Å²) in [5, 5.41) is 19.3. The first kappa shape index (κ1) is 17.3. The van der Waals surface area contributed by atoms with Crippen LogP contribution in [0.4, 0.5) is 5.13 Å². The van der Waals surface area contributed by atoms with Crippen molar-refractivity contribution in [1.29, 1.82) is 0 Å². The van der Waals surface area contributed by atoms with Crippen LogP contribution in [-0.4, -0.2) is 41.4 Å². The van der Waals surface area contributed by atoms with E-state index in [0.29, 0.717) is 10.9 Å². The lowest BCUT2D eigenvalue weighted by atomic mass is 10.3. The highest BCUT2D eigenvalue weighted by atomic mass is 32.2. The lowest BCUT2D eigenvalue weighted by molar-refractivity contribution is -0.119. The summed E-state index contributed by atoms with van der Waals surface area (Å²) < 4.78 is 3.41. The zero-order chi connectivity index (χ0) is 17.8. The first-order chi connectivity index (χ1) is 12.1. The van der Waals surface area contributed by atoms with Crippen molar-refractivity contribution < 1.29 is 4.79 Å². The highest BCUT2D eigenvalue weighted by molar-refractivity contribution is 8.01. The average molecular weight is 377 g/mol. The van der Waals surface area contributed by atoms with Crippen molar-refractivity contribution in [2.24, 2.45) is 0 Å². The van der Waals surface area contributed by atoms with Crippen molar-refractivity contribution in [1.82, 2.24) is 29.8 Å². The molecule has 1 N–H and O–H groups in total. The number of amides is 1. The molecule has 0 fully saturated rings. The van der Waals surface area contributed by atoms with Crippen molar-refractivity contribution in [3.63, 3.8) is 0 Å². The number of thioether (sulfide) groups is 1. The lowest BCUT2D eigenvalue weighted by Gasteiger charge is -2.13. The number of carbonyl (C=O) groups is 1. The van der Waals surface area contributed by atoms with Crippen LogP contribution in [0.2, 0.25) is 0 Å². The largest absolute Gasteiger partial charge is 0.299 e. The highest BCUT2D eigenvalue weighted by Crippen LogP contribution is 2.25. The lowest BCUT2D eigenvalue weighted by Crippen LogP contribution is -2.33. The van der Waals surface area contributed by atoms with Crippen LogP contribution in [0.15, 0.2) is 39.7 Å². The Balaban J connectivity index is 1.79. The summed E-state index contributed by atoms with van der Waals surface area (Å²) in [7, 11) is 0. The quantitative estimate of drug-likeness (QED) is 0.513. The number of carbonyl (C=O) groups excluding carboxylic acids is 1. The zero-order valence-electron chi connectivity index (χ0n) is 13.5. The number of nitrogens with zero attached hydrogens (tertiary/aromatic N) is 6. The van der Waals surface area contributed by atoms with Gasteiger partial charge in [0.1, 0.15) is 6.04 Å². The predicted octanol–water partition coefficient (Wildman–Crippen LogP) is 1.59. The monoisotopic (exact) mass is 377 g/mol. The number of rotatable bonds is 6. The van der Waals surface area contributed by atoms with E-state index in [4.69, 9.17) is 0 Å². The molecule has 0 bridgehead atoms. The van der Waals surface area contributed by atoms with Crippen LogP contribution in [0.25, 0.3) is 5.82 Å². The second-order valence-electron chi connectivity index (χ2n) is 4.90. The minimum Gasteiger partial charge on any atom is -0.299 e. The predicted molar refractivity (Wildman–Crippen MR) is 95.3 cm³/mol. The number of aromatic nitrogens is 6. The first-order valence-corrected chi connectivity index (χ1v) is 9.25. The van der Waals surface area contributed by atoms with Gasteiger partial charge in [0.05, 0.1) is 0 Å². The summed E-state index contributed by atoms with van der Waals surface area (Å²) in [5.41, 5.74) is -0.377. The molecule has 25 heavy (non-hydrogen) atoms. The fourth-order valence-electron chi connectivity index (χ4n) is 1.98. The topological polar surface area (TPSA) is 108 Å². The molecule has 130 valence electrons. The van der Waals surface area contributed by atoms with Gasteiger partial charge in [-0.1, -0.05) is 30.0 Å². The third-order valence-electron chi connectivity index (χ3n) is 3.20. The van der Waals surface area contributed by atoms with E-state index in [1.807, 2.05) is 6.92 Å². The number of nitrogens with one attached hydrogen (secondary N) is 1. The number of hydrogen-bond donors (Lipinski definition) is 1. The number of hydrogen-bond acceptors (Lipinski definition) is 8. The molecule has 0 spiro atoms. The third kappa shape index (κ3) is 3.94. The summed E-state index contributed by atoms with van der Waals surface area (Å²) >= 11 is 2.84. The van der Waals surface area contributed by atoms with E-state index in [9.17, 15) is 9.59 Å². The van der Waals surface area contributed by atoms with Gasteiger partial charge in [-0.15, -0.1) is 15.3 Å². The minimum atomic E-state index is -0.811. The van der Waals surface area contributed by atoms with Gasteiger partial charge >= 0.3 is 0 Å². The minimum absolute atomic E-state index is 0.377. The van der Waals surface area contributed by atoms with Crippen LogP contribution in [0.3, 0.4) is 0 Å². The molecule has 0 aliphatic carbocycles. The van der Waals surface area contributed by atoms with E-state index in [2.05, 4.69) is 25.7 Å². The SMILES string of the molecule is CCSc1nnc(NC(=O)C(C)n2nc(-n3cccn3)ccc2=O)s1. The van der Waals surface area contributed by atoms with Gasteiger partial charge < -0.3 is 0 Å². The van der Waals surface area contributed by atoms with Crippen LogP contribution in [0, 0.1) is 0 Å². The van der Waals surface area contributed by atoms with Crippen LogP contribution < -0.4 is 10.9 Å². The molecule has 0 aliphatic heterocycles. The Morgan fingerprint density at radius 1 is 1.40 bits per heavy atom. The molecule has 0 saturated carbocycles. The van der Waals surface area contributed by atoms with Gasteiger partial charge in [0, 0.05) is 18.5 Å². The van der Waals surface area contributed by atoms with Crippen LogP contribution >= 0.6 is 23.1 Å². The first-order valence-electron chi connectivity index (χ1n) is 7.45. The fourth-order valence-corrected chi connectivity index (χ4v) is 3.63. The Bertz CT molecular complexity index is 919. The normalized spacial score (nSPS) is 12.1. The van der Waals surface area contributed by atoms with Crippen molar-refractivity contribution >= 4 is 34.1 Å². The molecule has 11 heteroatoms. The molecule has 9 nitrogen and oxygen atoms in total. The second-order valence-corrected chi connectivity index (χ2v) is 7.38. The molecule has 0 radical (unpaired) electrons. The smallest absolute Gasteiger partial charge is 0.267 e. The van der Waals surface area contributed by atoms with Crippen molar-refractivity contribution in [3.05, 3.63) is 40.9 Å². The second kappa shape index (κ2) is 7.57. The zero-order valence-corrected chi connectivity index (χ0v) is 15.1. The molecule has 0 aromatic carbocycles. The molecule has 3 heterocycles. The van der Waals surface area contributed by atoms with E-state index in [0.717, 1.165) is 14.8 Å². The van der Waals surface area contributed by atoms with Gasteiger partial charge in [-0.2, -0.15) is 5.10 Å². The Kier molecular flexibility index (Phi) is 5.24. The maximum atomic E-state index is 12.4. The van der Waals surface area contributed by atoms with Crippen molar-refractivity contribution in [2.45, 2.75) is 24.2 Å². The molecular formula is C14H15N7O2S2. The molecule has 3 aromatic heterocycles. The molecular weight excluding hydrogens is 362 g/mol. The Morgan fingerprint density at radius 2 is 2.24 bits per heavy atom. The van der Waals surface area contributed by atoms with Crippen LogP contribution in [0.5, 0.6) is 0 Å². The molecule has 0 aliphatic rings. The summed E-state index contributed by atoms with van der Waals surface area (Å²) in [6.07, 6.45) is 3.31. The van der Waals surface area contributed by atoms with E-state index in [1.54, 1.807) is 43.2 Å². The molecule has 0 saturated heterocycles. The van der Waals surface area contributed by atoms with Crippen molar-refractivity contribution in [2.75, 3.05) is 11.1 Å². The average Bonchev–Trinajstić information content (AvgIpc) is 3.27. The van der Waals surface area contributed by atoms with Gasteiger partial charge in [0.15, 0.2) is 10.2 Å². The Hall–Kier alpha value is -2.53. The fraction of sp³-hybridized carbons (Fsp3) is 0.286. The maximum absolute atomic E-state index is 12.4. The third-order valence-corrected chi connectivity index (χ3v) is 5.05. The molecule has 3 aromatic rings. The molecule has 1 unspecified atom stereocenters. The molecule has 1 amide bonds. The van der Waals surface area contributed by atoms with Gasteiger partial charge in [0.25, 0.3) is 11.5 Å². The van der Waals surface area contributed by atoms with Gasteiger partial charge in [-0.3, -0.25) is 14.9 Å². The number of anilines is 1. The Morgan fingerprint density at radius 3 is 2.96 bits per heavy atom.